The van der Waals surface area contributed by atoms with Gasteiger partial charge in [-0.05, 0) is 35.9 Å². The number of H-pyrrole nitrogens is 1. The van der Waals surface area contributed by atoms with Gasteiger partial charge in [-0.3, -0.25) is 4.79 Å². The van der Waals surface area contributed by atoms with E-state index in [1.165, 1.54) is 66.9 Å². The van der Waals surface area contributed by atoms with E-state index in [9.17, 15) is 26.8 Å². The number of nitrogens with one attached hydrogen (secondary N) is 1. The molecule has 2 atom stereocenters. The van der Waals surface area contributed by atoms with Gasteiger partial charge in [0.05, 0.1) is 12.0 Å². The van der Waals surface area contributed by atoms with E-state index in [0.717, 1.165) is 16.1 Å². The van der Waals surface area contributed by atoms with E-state index in [-0.39, 0.29) is 83.3 Å². The van der Waals surface area contributed by atoms with Crippen LogP contribution in [0.25, 0.3) is 0 Å². The summed E-state index contributed by atoms with van der Waals surface area (Å²) in [5.74, 6) is -1.23. The fourth-order valence-corrected chi connectivity index (χ4v) is 8.06. The van der Waals surface area contributed by atoms with E-state index in [4.69, 9.17) is 32.7 Å². The molecule has 47 heavy (non-hydrogen) atoms. The van der Waals surface area contributed by atoms with Gasteiger partial charge in [0.1, 0.15) is 16.1 Å². The van der Waals surface area contributed by atoms with Gasteiger partial charge in [-0.15, -0.1) is 11.8 Å². The molecule has 1 aliphatic rings. The van der Waals surface area contributed by atoms with Crippen LogP contribution in [0.2, 0.25) is 10.0 Å². The molecule has 4 rings (SSSR count). The van der Waals surface area contributed by atoms with Crippen molar-refractivity contribution in [2.45, 2.75) is 29.4 Å². The fourth-order valence-electron chi connectivity index (χ4n) is 4.43. The van der Waals surface area contributed by atoms with E-state index >= 15 is 0 Å². The number of esters is 1. The van der Waals surface area contributed by atoms with Crippen molar-refractivity contribution < 1.29 is 51.5 Å². The minimum Gasteiger partial charge on any atom is -0.870 e. The summed E-state index contributed by atoms with van der Waals surface area (Å²) in [7, 11) is 0.129. The van der Waals surface area contributed by atoms with Gasteiger partial charge < -0.3 is 24.6 Å². The molecule has 1 aromatic heterocycles. The quantitative estimate of drug-likeness (QED) is 0.252. The third kappa shape index (κ3) is 10.0. The molecule has 0 saturated carbocycles. The Balaban J connectivity index is 0.00000368. The topological polar surface area (TPSA) is 147 Å². The Morgan fingerprint density at radius 2 is 1.74 bits per heavy atom. The highest BCUT2D eigenvalue weighted by Crippen LogP contribution is 2.38. The minimum absolute atomic E-state index is 0. The number of nitrogens with zero attached hydrogens (tertiary/aromatic N) is 2. The highest BCUT2D eigenvalue weighted by molar-refractivity contribution is 8.02. The molecular formula is C28H33Cl2F2N3O8S4. The summed E-state index contributed by atoms with van der Waals surface area (Å²) in [5.41, 5.74) is 0.913. The number of ether oxygens (including phenoxy) is 3. The van der Waals surface area contributed by atoms with Crippen LogP contribution in [0.1, 0.15) is 27.6 Å². The fraction of sp³-hybridized carbons (Fsp3) is 0.321. The number of rotatable bonds is 11. The first-order valence-electron chi connectivity index (χ1n) is 13.0. The lowest BCUT2D eigenvalue weighted by Gasteiger charge is -2.26. The molecule has 0 spiro atoms. The number of halogens is 4. The second kappa shape index (κ2) is 18.3. The van der Waals surface area contributed by atoms with Crippen LogP contribution in [0.15, 0.2) is 59.8 Å². The van der Waals surface area contributed by atoms with Crippen molar-refractivity contribution in [2.75, 3.05) is 33.5 Å². The monoisotopic (exact) mass is 775 g/mol. The van der Waals surface area contributed by atoms with Crippen LogP contribution >= 0.6 is 62.0 Å². The summed E-state index contributed by atoms with van der Waals surface area (Å²) in [4.78, 5) is 30.1. The summed E-state index contributed by atoms with van der Waals surface area (Å²) in [6.07, 6.45) is 1.83. The van der Waals surface area contributed by atoms with Crippen molar-refractivity contribution in [3.05, 3.63) is 81.6 Å². The molecule has 2 aromatic carbocycles. The summed E-state index contributed by atoms with van der Waals surface area (Å²) in [6, 6.07) is 9.59. The molecule has 11 nitrogen and oxygen atoms in total. The third-order valence-electron chi connectivity index (χ3n) is 6.56. The van der Waals surface area contributed by atoms with Gasteiger partial charge in [-0.1, -0.05) is 35.3 Å². The predicted octanol–water partition coefficient (Wildman–Crippen LogP) is 4.76. The SMILES string of the molecule is COc1cc([C@H](Cc2c(Cl)c[nH+]cc2Cl)OC(=O)[C@@H]2SCCN2S(=O)(=O)c2cccc(C(=O)N(C)C)c2)ccc1OC(F)F.S.S.[OH-]. The maximum absolute atomic E-state index is 13.7. The molecule has 1 fully saturated rings. The van der Waals surface area contributed by atoms with E-state index in [1.54, 1.807) is 14.1 Å². The molecule has 1 saturated heterocycles. The van der Waals surface area contributed by atoms with Crippen LogP contribution in [0.5, 0.6) is 11.5 Å². The molecule has 0 radical (unpaired) electrons. The van der Waals surface area contributed by atoms with Crippen LogP contribution in [0, 0.1) is 0 Å². The lowest BCUT2D eigenvalue weighted by Crippen LogP contribution is -2.40. The standard InChI is InChI=1S/C28H27Cl2F2N3O7S2.H2O.2H2S/c1-34(2)25(36)17-5-4-6-18(11-17)44(38,39)35-9-10-43-26(35)27(37)41-23(13-19-20(29)14-33-15-21(19)30)16-7-8-22(42-28(31)32)24(12-16)40-3;;;/h4-8,11-12,14-15,23,26,28H,9-10,13H2,1-3H3;3*1H2/t23-,26-;;;/m0.../s1. The lowest BCUT2D eigenvalue weighted by molar-refractivity contribution is -0.377. The summed E-state index contributed by atoms with van der Waals surface area (Å²) in [5, 5.41) is -0.765. The maximum atomic E-state index is 13.7. The second-order valence-corrected chi connectivity index (χ2v) is 13.5. The smallest absolute Gasteiger partial charge is 0.387 e. The number of benzene rings is 2. The molecule has 3 aromatic rings. The largest absolute Gasteiger partial charge is 0.870 e. The predicted molar refractivity (Wildman–Crippen MR) is 182 cm³/mol. The number of hydrogen-bond donors (Lipinski definition) is 0. The van der Waals surface area contributed by atoms with Crippen LogP contribution in [0.4, 0.5) is 8.78 Å². The number of alkyl halides is 2. The number of sulfonamides is 1. The Labute approximate surface area is 299 Å². The first-order chi connectivity index (χ1) is 20.8. The van der Waals surface area contributed by atoms with Gasteiger partial charge in [-0.2, -0.15) is 40.1 Å². The average Bonchev–Trinajstić information content (AvgIpc) is 3.49. The van der Waals surface area contributed by atoms with Gasteiger partial charge in [0.2, 0.25) is 10.0 Å². The number of carbonyl (C=O) groups is 2. The normalized spacial score (nSPS) is 15.0. The second-order valence-electron chi connectivity index (χ2n) is 9.61. The number of carbonyl (C=O) groups excluding carboxylic acids is 2. The van der Waals surface area contributed by atoms with Crippen LogP contribution in [-0.2, 0) is 26.0 Å². The molecule has 1 amide bonds. The van der Waals surface area contributed by atoms with Crippen LogP contribution in [-0.4, -0.2) is 80.5 Å². The number of methoxy groups -OCH3 is 1. The first kappa shape index (κ1) is 42.5. The summed E-state index contributed by atoms with van der Waals surface area (Å²) in [6.45, 7) is -3.08. The molecule has 260 valence electrons. The Morgan fingerprint density at radius 3 is 2.34 bits per heavy atom. The third-order valence-corrected chi connectivity index (χ3v) is 10.4. The zero-order valence-corrected chi connectivity index (χ0v) is 30.2. The van der Waals surface area contributed by atoms with E-state index < -0.39 is 34.1 Å². The Morgan fingerprint density at radius 1 is 1.09 bits per heavy atom. The van der Waals surface area contributed by atoms with Crippen LogP contribution in [0.3, 0.4) is 0 Å². The number of aromatic nitrogens is 1. The number of amides is 1. The van der Waals surface area contributed by atoms with Gasteiger partial charge in [0.25, 0.3) is 5.91 Å². The molecule has 1 aliphatic heterocycles. The lowest BCUT2D eigenvalue weighted by atomic mass is 10.0. The molecule has 0 unspecified atom stereocenters. The maximum Gasteiger partial charge on any atom is 0.387 e. The summed E-state index contributed by atoms with van der Waals surface area (Å²) >= 11 is 13.8. The van der Waals surface area contributed by atoms with Gasteiger partial charge >= 0.3 is 12.6 Å². The van der Waals surface area contributed by atoms with Crippen molar-refractivity contribution in [3.63, 3.8) is 0 Å². The molecule has 2 heterocycles. The van der Waals surface area contributed by atoms with Gasteiger partial charge in [0, 0.05) is 43.9 Å². The number of pyridine rings is 1. The first-order valence-corrected chi connectivity index (χ1v) is 16.2. The molecular weight excluding hydrogens is 743 g/mol. The van der Waals surface area contributed by atoms with E-state index in [1.807, 2.05) is 0 Å². The minimum atomic E-state index is -4.23. The molecule has 2 N–H and O–H groups in total. The molecule has 0 aliphatic carbocycles. The van der Waals surface area contributed by atoms with Crippen molar-refractivity contribution in [2.24, 2.45) is 0 Å². The van der Waals surface area contributed by atoms with Crippen molar-refractivity contribution in [1.82, 2.24) is 9.21 Å². The number of hydrogen-bond acceptors (Lipinski definition) is 9. The van der Waals surface area contributed by atoms with Gasteiger partial charge in [-0.25, -0.2) is 18.2 Å². The Kier molecular flexibility index (Phi) is 16.6. The Hall–Kier alpha value is -2.51. The Bertz CT molecular complexity index is 1640. The number of thioether (sulfide) groups is 1. The highest BCUT2D eigenvalue weighted by Gasteiger charge is 2.42. The zero-order valence-electron chi connectivity index (χ0n) is 25.1. The molecule has 19 heteroatoms. The zero-order chi connectivity index (χ0) is 32.2. The van der Waals surface area contributed by atoms with Crippen molar-refractivity contribution in [1.29, 1.82) is 0 Å². The van der Waals surface area contributed by atoms with Crippen molar-refractivity contribution >= 4 is 83.9 Å². The molecule has 0 bridgehead atoms. The average molecular weight is 777 g/mol. The van der Waals surface area contributed by atoms with Crippen molar-refractivity contribution in [3.8, 4) is 11.5 Å². The highest BCUT2D eigenvalue weighted by atomic mass is 35.5. The van der Waals surface area contributed by atoms with E-state index in [2.05, 4.69) is 9.72 Å². The summed E-state index contributed by atoms with van der Waals surface area (Å²) < 4.78 is 69.9. The van der Waals surface area contributed by atoms with Gasteiger partial charge in [0.15, 0.2) is 29.3 Å². The number of aromatic amines is 1. The van der Waals surface area contributed by atoms with Crippen LogP contribution < -0.4 is 14.5 Å². The van der Waals surface area contributed by atoms with E-state index in [0.29, 0.717) is 16.9 Å².